The number of hydrogen-bond donors (Lipinski definition) is 1. The highest BCUT2D eigenvalue weighted by Gasteiger charge is 2.12. The Morgan fingerprint density at radius 1 is 1.33 bits per heavy atom. The van der Waals surface area contributed by atoms with Crippen molar-refractivity contribution >= 4 is 49.9 Å². The monoisotopic (exact) mass is 362 g/mol. The number of aromatic nitrogens is 3. The predicted molar refractivity (Wildman–Crippen MR) is 60.1 cm³/mol. The van der Waals surface area contributed by atoms with Crippen molar-refractivity contribution in [3.8, 4) is 0 Å². The predicted octanol–water partition coefficient (Wildman–Crippen LogP) is 1.30. The van der Waals surface area contributed by atoms with Crippen LogP contribution in [0, 0.1) is 0 Å². The van der Waals surface area contributed by atoms with Crippen molar-refractivity contribution in [1.29, 1.82) is 0 Å². The van der Waals surface area contributed by atoms with Crippen LogP contribution in [0.15, 0.2) is 4.73 Å². The molecule has 2 rings (SSSR count). The van der Waals surface area contributed by atoms with E-state index in [1.807, 2.05) is 0 Å². The van der Waals surface area contributed by atoms with E-state index in [1.165, 1.54) is 0 Å². The van der Waals surface area contributed by atoms with E-state index in [-0.39, 0.29) is 34.0 Å². The highest BCUT2D eigenvalue weighted by molar-refractivity contribution is 9.10. The first-order valence-electron chi connectivity index (χ1n) is 3.16. The summed E-state index contributed by atoms with van der Waals surface area (Å²) in [5.74, 6) is 1.01. The van der Waals surface area contributed by atoms with Crippen LogP contribution in [0.25, 0.3) is 0 Å². The van der Waals surface area contributed by atoms with Crippen LogP contribution < -0.4 is 5.32 Å². The zero-order valence-corrected chi connectivity index (χ0v) is 11.2. The lowest BCUT2D eigenvalue weighted by Gasteiger charge is -2.13. The first-order chi connectivity index (χ1) is 4.88. The first-order valence-corrected chi connectivity index (χ1v) is 3.95. The molecule has 1 N–H and O–H groups in total. The molecular formula is C5H9Br3N4. The minimum atomic E-state index is 0. The summed E-state index contributed by atoms with van der Waals surface area (Å²) in [6, 6.07) is 0. The molecule has 2 heterocycles. The lowest BCUT2D eigenvalue weighted by molar-refractivity contribution is 0.500. The van der Waals surface area contributed by atoms with E-state index >= 15 is 0 Å². The normalized spacial score (nSPS) is 14.1. The number of rotatable bonds is 0. The largest absolute Gasteiger partial charge is 0.308 e. The van der Waals surface area contributed by atoms with Crippen molar-refractivity contribution < 1.29 is 0 Å². The van der Waals surface area contributed by atoms with Crippen LogP contribution in [0.1, 0.15) is 5.82 Å². The molecule has 1 aliphatic heterocycles. The quantitative estimate of drug-likeness (QED) is 0.754. The average Bonchev–Trinajstić information content (AvgIpc) is 2.34. The van der Waals surface area contributed by atoms with Crippen molar-refractivity contribution in [1.82, 2.24) is 20.1 Å². The molecule has 0 fully saturated rings. The second-order valence-electron chi connectivity index (χ2n) is 2.21. The van der Waals surface area contributed by atoms with Gasteiger partial charge >= 0.3 is 0 Å². The second kappa shape index (κ2) is 5.31. The zero-order valence-electron chi connectivity index (χ0n) is 6.16. The number of halogens is 3. The minimum absolute atomic E-state index is 0. The number of fused-ring (bicyclic) bond motifs is 1. The van der Waals surface area contributed by atoms with Crippen molar-refractivity contribution in [3.05, 3.63) is 10.6 Å². The Morgan fingerprint density at radius 3 is 2.75 bits per heavy atom. The Bertz CT molecular complexity index is 249. The Balaban J connectivity index is 0.000000605. The van der Waals surface area contributed by atoms with Gasteiger partial charge in [0.05, 0.1) is 6.54 Å². The smallest absolute Gasteiger partial charge is 0.200 e. The van der Waals surface area contributed by atoms with Gasteiger partial charge in [-0.25, -0.2) is 0 Å². The van der Waals surface area contributed by atoms with E-state index in [2.05, 4.69) is 36.0 Å². The Kier molecular flexibility index (Phi) is 5.55. The van der Waals surface area contributed by atoms with Gasteiger partial charge in [-0.1, -0.05) is 0 Å². The molecule has 1 aromatic heterocycles. The van der Waals surface area contributed by atoms with Gasteiger partial charge < -0.3 is 9.88 Å². The maximum absolute atomic E-state index is 3.96. The standard InChI is InChI=1S/C5H7BrN4.2BrH/c6-5-9-8-4-3-7-1-2-10(4)5;;/h7H,1-3H2;2*1H. The highest BCUT2D eigenvalue weighted by atomic mass is 79.9. The van der Waals surface area contributed by atoms with Crippen LogP contribution in [-0.2, 0) is 13.1 Å². The third kappa shape index (κ3) is 2.27. The fraction of sp³-hybridized carbons (Fsp3) is 0.600. The fourth-order valence-electron chi connectivity index (χ4n) is 1.06. The van der Waals surface area contributed by atoms with Crippen LogP contribution in [0.4, 0.5) is 0 Å². The van der Waals surface area contributed by atoms with Crippen LogP contribution in [0.5, 0.6) is 0 Å². The summed E-state index contributed by atoms with van der Waals surface area (Å²) in [6.07, 6.45) is 0. The van der Waals surface area contributed by atoms with Gasteiger partial charge in [-0.15, -0.1) is 44.2 Å². The molecule has 0 aromatic carbocycles. The number of nitrogens with one attached hydrogen (secondary N) is 1. The molecule has 0 atom stereocenters. The molecule has 0 spiro atoms. The van der Waals surface area contributed by atoms with E-state index in [0.717, 1.165) is 30.2 Å². The number of hydrogen-bond acceptors (Lipinski definition) is 3. The third-order valence-electron chi connectivity index (χ3n) is 1.58. The second-order valence-corrected chi connectivity index (χ2v) is 2.92. The molecular weight excluding hydrogens is 356 g/mol. The van der Waals surface area contributed by atoms with Crippen LogP contribution >= 0.6 is 49.9 Å². The van der Waals surface area contributed by atoms with E-state index in [9.17, 15) is 0 Å². The van der Waals surface area contributed by atoms with E-state index < -0.39 is 0 Å². The van der Waals surface area contributed by atoms with Crippen molar-refractivity contribution in [2.45, 2.75) is 13.1 Å². The molecule has 1 aliphatic rings. The average molecular weight is 365 g/mol. The van der Waals surface area contributed by atoms with Gasteiger partial charge in [0.15, 0.2) is 4.73 Å². The molecule has 0 aliphatic carbocycles. The first kappa shape index (κ1) is 12.5. The van der Waals surface area contributed by atoms with Crippen molar-refractivity contribution in [2.75, 3.05) is 6.54 Å². The van der Waals surface area contributed by atoms with Gasteiger partial charge in [0.25, 0.3) is 0 Å². The van der Waals surface area contributed by atoms with Gasteiger partial charge in [0.2, 0.25) is 0 Å². The van der Waals surface area contributed by atoms with Gasteiger partial charge in [-0.3, -0.25) is 0 Å². The third-order valence-corrected chi connectivity index (χ3v) is 2.16. The Labute approximate surface area is 99.8 Å². The van der Waals surface area contributed by atoms with Gasteiger partial charge in [0, 0.05) is 13.1 Å². The molecule has 7 heteroatoms. The molecule has 70 valence electrons. The molecule has 12 heavy (non-hydrogen) atoms. The summed E-state index contributed by atoms with van der Waals surface area (Å²) in [5.41, 5.74) is 0. The van der Waals surface area contributed by atoms with Crippen LogP contribution in [0.3, 0.4) is 0 Å². The topological polar surface area (TPSA) is 42.7 Å². The zero-order chi connectivity index (χ0) is 6.97. The summed E-state index contributed by atoms with van der Waals surface area (Å²) in [7, 11) is 0. The minimum Gasteiger partial charge on any atom is -0.308 e. The van der Waals surface area contributed by atoms with Gasteiger partial charge in [-0.2, -0.15) is 0 Å². The SMILES string of the molecule is Br.Br.Brc1nnc2n1CCNC2. The molecule has 0 saturated heterocycles. The Morgan fingerprint density at radius 2 is 2.08 bits per heavy atom. The lowest BCUT2D eigenvalue weighted by atomic mass is 10.4. The van der Waals surface area contributed by atoms with Crippen molar-refractivity contribution in [2.24, 2.45) is 0 Å². The highest BCUT2D eigenvalue weighted by Crippen LogP contribution is 2.10. The summed E-state index contributed by atoms with van der Waals surface area (Å²) in [6.45, 7) is 2.80. The summed E-state index contributed by atoms with van der Waals surface area (Å²) < 4.78 is 2.90. The van der Waals surface area contributed by atoms with Crippen LogP contribution in [0.2, 0.25) is 0 Å². The van der Waals surface area contributed by atoms with E-state index in [1.54, 1.807) is 0 Å². The molecule has 0 unspecified atom stereocenters. The molecule has 0 radical (unpaired) electrons. The fourth-order valence-corrected chi connectivity index (χ4v) is 1.52. The van der Waals surface area contributed by atoms with Gasteiger partial charge in [0.1, 0.15) is 5.82 Å². The maximum Gasteiger partial charge on any atom is 0.200 e. The molecule has 1 aromatic rings. The summed E-state index contributed by atoms with van der Waals surface area (Å²) in [5, 5.41) is 11.1. The summed E-state index contributed by atoms with van der Waals surface area (Å²) in [4.78, 5) is 0. The molecule has 4 nitrogen and oxygen atoms in total. The van der Waals surface area contributed by atoms with E-state index in [0.29, 0.717) is 0 Å². The molecule has 0 bridgehead atoms. The van der Waals surface area contributed by atoms with Crippen molar-refractivity contribution in [3.63, 3.8) is 0 Å². The summed E-state index contributed by atoms with van der Waals surface area (Å²) >= 11 is 3.31. The van der Waals surface area contributed by atoms with Crippen LogP contribution in [-0.4, -0.2) is 21.3 Å². The molecule has 0 amide bonds. The van der Waals surface area contributed by atoms with E-state index in [4.69, 9.17) is 0 Å². The van der Waals surface area contributed by atoms with Gasteiger partial charge in [-0.05, 0) is 15.9 Å². The molecule has 0 saturated carbocycles. The lowest BCUT2D eigenvalue weighted by Crippen LogP contribution is -2.28. The maximum atomic E-state index is 3.96. The Hall–Kier alpha value is 0.540. The number of nitrogens with zero attached hydrogens (tertiary/aromatic N) is 3.